The zero-order chi connectivity index (χ0) is 10.9. The molecule has 0 aliphatic carbocycles. The molecular weight excluding hydrogens is 237 g/mol. The number of carboxylic acid groups (broad SMARTS) is 2. The summed E-state index contributed by atoms with van der Waals surface area (Å²) in [6, 6.07) is 0. The number of unbranched alkanes of at least 4 members (excludes halogenated alkanes) is 1. The molecule has 0 aromatic carbocycles. The molecule has 0 aromatic heterocycles. The van der Waals surface area contributed by atoms with Crippen molar-refractivity contribution in [2.75, 3.05) is 0 Å². The van der Waals surface area contributed by atoms with Crippen molar-refractivity contribution in [3.63, 3.8) is 0 Å². The van der Waals surface area contributed by atoms with Crippen LogP contribution in [0.4, 0.5) is 0 Å². The fourth-order valence-corrected chi connectivity index (χ4v) is 0.321. The molecule has 0 rings (SSSR count). The SMILES string of the molecule is C=C(C)C(=O)[O-].CCCCC(=O)[O-].[Zn+2]. The van der Waals surface area contributed by atoms with Crippen molar-refractivity contribution < 1.29 is 39.3 Å². The van der Waals surface area contributed by atoms with E-state index in [1.807, 2.05) is 6.92 Å². The first-order valence-corrected chi connectivity index (χ1v) is 3.98. The Morgan fingerprint density at radius 1 is 1.29 bits per heavy atom. The Hall–Kier alpha value is -0.697. The van der Waals surface area contributed by atoms with Gasteiger partial charge in [-0.25, -0.2) is 0 Å². The molecule has 0 amide bonds. The second-order valence-corrected chi connectivity index (χ2v) is 2.54. The predicted octanol–water partition coefficient (Wildman–Crippen LogP) is -0.764. The Morgan fingerprint density at radius 3 is 1.71 bits per heavy atom. The summed E-state index contributed by atoms with van der Waals surface area (Å²) in [5, 5.41) is 19.1. The molecule has 0 saturated carbocycles. The van der Waals surface area contributed by atoms with E-state index in [0.717, 1.165) is 12.8 Å². The van der Waals surface area contributed by atoms with Gasteiger partial charge in [0, 0.05) is 5.97 Å². The van der Waals surface area contributed by atoms with Gasteiger partial charge in [-0.05, 0) is 25.3 Å². The van der Waals surface area contributed by atoms with Crippen LogP contribution in [0.15, 0.2) is 12.2 Å². The molecule has 0 radical (unpaired) electrons. The molecule has 0 aliphatic rings. The van der Waals surface area contributed by atoms with Crippen LogP contribution in [0.5, 0.6) is 0 Å². The van der Waals surface area contributed by atoms with Crippen LogP contribution in [0, 0.1) is 0 Å². The molecular formula is C9H14O4Zn. The van der Waals surface area contributed by atoms with Gasteiger partial charge in [0.25, 0.3) is 0 Å². The molecule has 0 saturated heterocycles. The maximum Gasteiger partial charge on any atom is 2.00 e. The molecule has 0 bridgehead atoms. The average Bonchev–Trinajstić information content (AvgIpc) is 2.01. The second-order valence-electron chi connectivity index (χ2n) is 2.54. The Kier molecular flexibility index (Phi) is 16.7. The van der Waals surface area contributed by atoms with E-state index in [2.05, 4.69) is 6.58 Å². The van der Waals surface area contributed by atoms with Gasteiger partial charge in [-0.15, -0.1) is 0 Å². The Bertz CT molecular complexity index is 177. The van der Waals surface area contributed by atoms with Crippen LogP contribution in [0.3, 0.4) is 0 Å². The second kappa shape index (κ2) is 12.3. The molecule has 14 heavy (non-hydrogen) atoms. The number of aliphatic carboxylic acids is 2. The largest absolute Gasteiger partial charge is 2.00 e. The molecule has 0 atom stereocenters. The van der Waals surface area contributed by atoms with Crippen molar-refractivity contribution in [3.05, 3.63) is 12.2 Å². The van der Waals surface area contributed by atoms with E-state index in [-0.39, 0.29) is 31.5 Å². The summed E-state index contributed by atoms with van der Waals surface area (Å²) < 4.78 is 0. The number of carbonyl (C=O) groups is 2. The first kappa shape index (κ1) is 19.0. The van der Waals surface area contributed by atoms with E-state index < -0.39 is 11.9 Å². The van der Waals surface area contributed by atoms with Crippen molar-refractivity contribution in [2.45, 2.75) is 33.1 Å². The summed E-state index contributed by atoms with van der Waals surface area (Å²) in [7, 11) is 0. The number of hydrogen-bond donors (Lipinski definition) is 0. The summed E-state index contributed by atoms with van der Waals surface area (Å²) in [5.74, 6) is -2.13. The zero-order valence-corrected chi connectivity index (χ0v) is 11.6. The van der Waals surface area contributed by atoms with E-state index in [9.17, 15) is 19.8 Å². The topological polar surface area (TPSA) is 80.3 Å². The zero-order valence-electron chi connectivity index (χ0n) is 8.67. The molecule has 0 heterocycles. The Labute approximate surface area is 96.8 Å². The minimum Gasteiger partial charge on any atom is -0.550 e. The van der Waals surface area contributed by atoms with Crippen LogP contribution >= 0.6 is 0 Å². The first-order chi connectivity index (χ1) is 5.91. The fourth-order valence-electron chi connectivity index (χ4n) is 0.321. The van der Waals surface area contributed by atoms with Gasteiger partial charge in [0.1, 0.15) is 0 Å². The number of hydrogen-bond acceptors (Lipinski definition) is 4. The minimum atomic E-state index is -1.19. The van der Waals surface area contributed by atoms with Gasteiger partial charge in [0.05, 0.1) is 5.97 Å². The molecule has 0 spiro atoms. The van der Waals surface area contributed by atoms with E-state index >= 15 is 0 Å². The van der Waals surface area contributed by atoms with Gasteiger partial charge in [0.2, 0.25) is 0 Å². The number of rotatable bonds is 4. The van der Waals surface area contributed by atoms with E-state index in [1.165, 1.54) is 6.92 Å². The quantitative estimate of drug-likeness (QED) is 0.486. The third-order valence-electron chi connectivity index (χ3n) is 1.08. The van der Waals surface area contributed by atoms with Crippen molar-refractivity contribution >= 4 is 11.9 Å². The van der Waals surface area contributed by atoms with Crippen molar-refractivity contribution in [2.24, 2.45) is 0 Å². The smallest absolute Gasteiger partial charge is 0.550 e. The third kappa shape index (κ3) is 22.5. The van der Waals surface area contributed by atoms with E-state index in [1.54, 1.807) is 0 Å². The summed E-state index contributed by atoms with van der Waals surface area (Å²) in [5.41, 5.74) is 0.0648. The van der Waals surface area contributed by atoms with Gasteiger partial charge in [-0.1, -0.05) is 19.9 Å². The normalized spacial score (nSPS) is 7.57. The summed E-state index contributed by atoms with van der Waals surface area (Å²) in [6.07, 6.45) is 1.87. The van der Waals surface area contributed by atoms with Crippen LogP contribution in [0.25, 0.3) is 0 Å². The van der Waals surface area contributed by atoms with Gasteiger partial charge < -0.3 is 19.8 Å². The number of carbonyl (C=O) groups excluding carboxylic acids is 2. The monoisotopic (exact) mass is 250 g/mol. The van der Waals surface area contributed by atoms with Crippen molar-refractivity contribution in [1.29, 1.82) is 0 Å². The summed E-state index contributed by atoms with van der Waals surface area (Å²) >= 11 is 0. The molecule has 0 aliphatic heterocycles. The van der Waals surface area contributed by atoms with E-state index in [0.29, 0.717) is 0 Å². The third-order valence-corrected chi connectivity index (χ3v) is 1.08. The van der Waals surface area contributed by atoms with Crippen molar-refractivity contribution in [3.8, 4) is 0 Å². The summed E-state index contributed by atoms with van der Waals surface area (Å²) in [6.45, 7) is 6.42. The predicted molar refractivity (Wildman–Crippen MR) is 44.4 cm³/mol. The molecule has 0 fully saturated rings. The minimum absolute atomic E-state index is 0. The van der Waals surface area contributed by atoms with Crippen LogP contribution in [-0.2, 0) is 29.1 Å². The van der Waals surface area contributed by atoms with Gasteiger partial charge >= 0.3 is 19.5 Å². The van der Waals surface area contributed by atoms with Gasteiger partial charge in [-0.3, -0.25) is 0 Å². The van der Waals surface area contributed by atoms with Crippen LogP contribution in [-0.4, -0.2) is 11.9 Å². The fraction of sp³-hybridized carbons (Fsp3) is 0.556. The maximum atomic E-state index is 9.65. The number of carboxylic acids is 2. The summed E-state index contributed by atoms with van der Waals surface area (Å²) in [4.78, 5) is 19.1. The van der Waals surface area contributed by atoms with E-state index in [4.69, 9.17) is 0 Å². The Balaban J connectivity index is -0.000000163. The van der Waals surface area contributed by atoms with Gasteiger partial charge in [-0.2, -0.15) is 0 Å². The molecule has 76 valence electrons. The van der Waals surface area contributed by atoms with Gasteiger partial charge in [0.15, 0.2) is 0 Å². The molecule has 0 aromatic rings. The van der Waals surface area contributed by atoms with Crippen LogP contribution in [0.2, 0.25) is 0 Å². The molecule has 0 N–H and O–H groups in total. The first-order valence-electron chi connectivity index (χ1n) is 3.98. The molecule has 5 heteroatoms. The van der Waals surface area contributed by atoms with Crippen molar-refractivity contribution in [1.82, 2.24) is 0 Å². The Morgan fingerprint density at radius 2 is 1.64 bits per heavy atom. The molecule has 4 nitrogen and oxygen atoms in total. The average molecular weight is 252 g/mol. The van der Waals surface area contributed by atoms with Crippen LogP contribution < -0.4 is 10.2 Å². The maximum absolute atomic E-state index is 9.65. The standard InChI is InChI=1S/C5H10O2.C4H6O2.Zn/c1-2-3-4-5(6)7;1-3(2)4(5)6;/h2-4H2,1H3,(H,6,7);1H2,2H3,(H,5,6);/q;;+2/p-2. The molecule has 0 unspecified atom stereocenters. The van der Waals surface area contributed by atoms with Crippen LogP contribution in [0.1, 0.15) is 33.1 Å².